The van der Waals surface area contributed by atoms with Gasteiger partial charge >= 0.3 is 0 Å². The van der Waals surface area contributed by atoms with Gasteiger partial charge < -0.3 is 10.1 Å². The van der Waals surface area contributed by atoms with Crippen molar-refractivity contribution >= 4 is 11.6 Å². The van der Waals surface area contributed by atoms with Crippen LogP contribution < -0.4 is 10.1 Å². The Kier molecular flexibility index (Phi) is 5.74. The molecule has 1 unspecified atom stereocenters. The molecule has 0 radical (unpaired) electrons. The molecule has 0 saturated heterocycles. The van der Waals surface area contributed by atoms with Crippen LogP contribution in [0.5, 0.6) is 5.75 Å². The molecule has 0 saturated carbocycles. The van der Waals surface area contributed by atoms with Crippen LogP contribution >= 0.6 is 0 Å². The smallest absolute Gasteiger partial charge is 0.265 e. The first-order valence-corrected chi connectivity index (χ1v) is 7.89. The van der Waals surface area contributed by atoms with Crippen molar-refractivity contribution in [3.63, 3.8) is 0 Å². The molecule has 0 aliphatic rings. The number of anilines is 1. The van der Waals surface area contributed by atoms with Crippen LogP contribution in [-0.2, 0) is 17.6 Å². The summed E-state index contributed by atoms with van der Waals surface area (Å²) in [7, 11) is 0. The number of hydrogen-bond donors (Lipinski definition) is 1. The average Bonchev–Trinajstić information content (AvgIpc) is 2.56. The van der Waals surface area contributed by atoms with Gasteiger partial charge in [-0.2, -0.15) is 0 Å². The Morgan fingerprint density at radius 3 is 2.17 bits per heavy atom. The average molecular weight is 315 g/mol. The van der Waals surface area contributed by atoms with Crippen LogP contribution in [0, 0.1) is 5.82 Å². The van der Waals surface area contributed by atoms with E-state index in [9.17, 15) is 9.18 Å². The number of halogens is 1. The zero-order valence-electron chi connectivity index (χ0n) is 13.7. The molecule has 2 aromatic carbocycles. The number of rotatable bonds is 6. The van der Waals surface area contributed by atoms with Gasteiger partial charge in [0, 0.05) is 5.69 Å². The van der Waals surface area contributed by atoms with Gasteiger partial charge in [-0.15, -0.1) is 0 Å². The number of amides is 1. The Morgan fingerprint density at radius 2 is 1.65 bits per heavy atom. The summed E-state index contributed by atoms with van der Waals surface area (Å²) in [5.41, 5.74) is 3.08. The van der Waals surface area contributed by atoms with Crippen LogP contribution in [0.1, 0.15) is 31.9 Å². The first kappa shape index (κ1) is 17.0. The maximum Gasteiger partial charge on any atom is 0.265 e. The fourth-order valence-electron chi connectivity index (χ4n) is 2.40. The minimum atomic E-state index is -0.671. The minimum Gasteiger partial charge on any atom is -0.481 e. The number of para-hydroxylation sites is 1. The molecule has 1 N–H and O–H groups in total. The SMILES string of the molecule is CCc1cccc(CC)c1NC(=O)C(C)Oc1ccc(F)cc1. The number of aryl methyl sites for hydroxylation is 2. The lowest BCUT2D eigenvalue weighted by atomic mass is 10.0. The van der Waals surface area contributed by atoms with E-state index in [-0.39, 0.29) is 11.7 Å². The largest absolute Gasteiger partial charge is 0.481 e. The van der Waals surface area contributed by atoms with E-state index >= 15 is 0 Å². The molecule has 23 heavy (non-hydrogen) atoms. The van der Waals surface area contributed by atoms with Crippen LogP contribution in [0.25, 0.3) is 0 Å². The predicted molar refractivity (Wildman–Crippen MR) is 90.3 cm³/mol. The fraction of sp³-hybridized carbons (Fsp3) is 0.316. The van der Waals surface area contributed by atoms with Crippen LogP contribution in [0.3, 0.4) is 0 Å². The Labute approximate surface area is 136 Å². The van der Waals surface area contributed by atoms with Crippen molar-refractivity contribution < 1.29 is 13.9 Å². The first-order valence-electron chi connectivity index (χ1n) is 7.89. The third kappa shape index (κ3) is 4.31. The van der Waals surface area contributed by atoms with Gasteiger partial charge in [-0.3, -0.25) is 4.79 Å². The quantitative estimate of drug-likeness (QED) is 0.860. The van der Waals surface area contributed by atoms with Gasteiger partial charge in [0.2, 0.25) is 0 Å². The summed E-state index contributed by atoms with van der Waals surface area (Å²) >= 11 is 0. The van der Waals surface area contributed by atoms with E-state index in [4.69, 9.17) is 4.74 Å². The maximum atomic E-state index is 12.9. The zero-order valence-corrected chi connectivity index (χ0v) is 13.7. The summed E-state index contributed by atoms with van der Waals surface area (Å²) in [6.07, 6.45) is 1.02. The highest BCUT2D eigenvalue weighted by molar-refractivity contribution is 5.95. The summed E-state index contributed by atoms with van der Waals surface area (Å²) in [5.74, 6) is -0.0858. The molecular weight excluding hydrogens is 293 g/mol. The molecular formula is C19H22FNO2. The molecule has 1 amide bonds. The number of ether oxygens (including phenoxy) is 1. The summed E-state index contributed by atoms with van der Waals surface area (Å²) in [6.45, 7) is 5.80. The van der Waals surface area contributed by atoms with Crippen molar-refractivity contribution in [3.05, 3.63) is 59.4 Å². The molecule has 0 spiro atoms. The minimum absolute atomic E-state index is 0.218. The van der Waals surface area contributed by atoms with Gasteiger partial charge in [0.1, 0.15) is 11.6 Å². The maximum absolute atomic E-state index is 12.9. The third-order valence-electron chi connectivity index (χ3n) is 3.74. The predicted octanol–water partition coefficient (Wildman–Crippen LogP) is 4.36. The lowest BCUT2D eigenvalue weighted by Crippen LogP contribution is -2.30. The van der Waals surface area contributed by atoms with Crippen molar-refractivity contribution in [2.24, 2.45) is 0 Å². The second-order valence-electron chi connectivity index (χ2n) is 5.36. The van der Waals surface area contributed by atoms with Crippen LogP contribution in [0.15, 0.2) is 42.5 Å². The normalized spacial score (nSPS) is 11.8. The molecule has 0 fully saturated rings. The molecule has 1 atom stereocenters. The van der Waals surface area contributed by atoms with E-state index < -0.39 is 6.10 Å². The summed E-state index contributed by atoms with van der Waals surface area (Å²) < 4.78 is 18.5. The van der Waals surface area contributed by atoms with Gasteiger partial charge in [-0.25, -0.2) is 4.39 Å². The Balaban J connectivity index is 2.10. The molecule has 122 valence electrons. The van der Waals surface area contributed by atoms with Crippen molar-refractivity contribution in [1.82, 2.24) is 0 Å². The van der Waals surface area contributed by atoms with E-state index in [1.54, 1.807) is 6.92 Å². The topological polar surface area (TPSA) is 38.3 Å². The summed E-state index contributed by atoms with van der Waals surface area (Å²) in [5, 5.41) is 2.97. The molecule has 2 aromatic rings. The van der Waals surface area contributed by atoms with Crippen LogP contribution in [0.2, 0.25) is 0 Å². The van der Waals surface area contributed by atoms with Gasteiger partial charge in [-0.1, -0.05) is 32.0 Å². The molecule has 0 bridgehead atoms. The van der Waals surface area contributed by atoms with Gasteiger partial charge in [0.15, 0.2) is 6.10 Å². The summed E-state index contributed by atoms with van der Waals surface area (Å²) in [6, 6.07) is 11.7. The second kappa shape index (κ2) is 7.77. The van der Waals surface area contributed by atoms with Crippen LogP contribution in [-0.4, -0.2) is 12.0 Å². The van der Waals surface area contributed by atoms with E-state index in [2.05, 4.69) is 19.2 Å². The Bertz CT molecular complexity index is 645. The van der Waals surface area contributed by atoms with Crippen LogP contribution in [0.4, 0.5) is 10.1 Å². The summed E-state index contributed by atoms with van der Waals surface area (Å²) in [4.78, 5) is 12.4. The fourth-order valence-corrected chi connectivity index (χ4v) is 2.40. The molecule has 2 rings (SSSR count). The van der Waals surface area contributed by atoms with Gasteiger partial charge in [0.25, 0.3) is 5.91 Å². The number of nitrogens with one attached hydrogen (secondary N) is 1. The highest BCUT2D eigenvalue weighted by atomic mass is 19.1. The standard InChI is InChI=1S/C19H22FNO2/c1-4-14-7-6-8-15(5-2)18(14)21-19(22)13(3)23-17-11-9-16(20)10-12-17/h6-13H,4-5H2,1-3H3,(H,21,22). The molecule has 0 aliphatic heterocycles. The second-order valence-corrected chi connectivity index (χ2v) is 5.36. The Morgan fingerprint density at radius 1 is 1.09 bits per heavy atom. The van der Waals surface area contributed by atoms with E-state index in [1.165, 1.54) is 24.3 Å². The lowest BCUT2D eigenvalue weighted by molar-refractivity contribution is -0.122. The first-order chi connectivity index (χ1) is 11.0. The molecule has 3 nitrogen and oxygen atoms in total. The van der Waals surface area contributed by atoms with E-state index in [0.29, 0.717) is 5.75 Å². The monoisotopic (exact) mass is 315 g/mol. The van der Waals surface area contributed by atoms with Gasteiger partial charge in [-0.05, 0) is 55.2 Å². The number of carbonyl (C=O) groups is 1. The highest BCUT2D eigenvalue weighted by Crippen LogP contribution is 2.23. The highest BCUT2D eigenvalue weighted by Gasteiger charge is 2.17. The Hall–Kier alpha value is -2.36. The molecule has 0 aromatic heterocycles. The molecule has 4 heteroatoms. The van der Waals surface area contributed by atoms with E-state index in [1.807, 2.05) is 18.2 Å². The van der Waals surface area contributed by atoms with E-state index in [0.717, 1.165) is 29.7 Å². The van der Waals surface area contributed by atoms with Crippen molar-refractivity contribution in [1.29, 1.82) is 0 Å². The lowest BCUT2D eigenvalue weighted by Gasteiger charge is -2.18. The van der Waals surface area contributed by atoms with Gasteiger partial charge in [0.05, 0.1) is 0 Å². The number of carbonyl (C=O) groups excluding carboxylic acids is 1. The number of benzene rings is 2. The van der Waals surface area contributed by atoms with Crippen molar-refractivity contribution in [3.8, 4) is 5.75 Å². The third-order valence-corrected chi connectivity index (χ3v) is 3.74. The number of hydrogen-bond acceptors (Lipinski definition) is 2. The van der Waals surface area contributed by atoms with Crippen molar-refractivity contribution in [2.45, 2.75) is 39.7 Å². The zero-order chi connectivity index (χ0) is 16.8. The molecule has 0 aliphatic carbocycles. The molecule has 0 heterocycles. The van der Waals surface area contributed by atoms with Crippen molar-refractivity contribution in [2.75, 3.05) is 5.32 Å².